The number of hydrogen-bond acceptors (Lipinski definition) is 25. The smallest absolute Gasteiger partial charge is 0.537 e. The molecule has 51 heteroatoms. The van der Waals surface area contributed by atoms with E-state index >= 15 is 0 Å². The van der Waals surface area contributed by atoms with Crippen LogP contribution in [0.3, 0.4) is 0 Å². The molecular weight excluding hydrogens is 2030 g/mol. The number of nitrogen functional groups attached to an aromatic ring is 2. The first-order chi connectivity index (χ1) is 68.5. The molecule has 0 saturated carbocycles. The van der Waals surface area contributed by atoms with Crippen LogP contribution >= 0.6 is 15.9 Å². The molecule has 0 bridgehead atoms. The van der Waals surface area contributed by atoms with Gasteiger partial charge in [0.2, 0.25) is 17.1 Å². The number of rotatable bonds is 27. The largest absolute Gasteiger partial charge is 0.573 e. The number of carbonyl (C=O) groups excluding carboxylic acids is 1. The Morgan fingerprint density at radius 3 is 0.903 bits per heavy atom. The predicted octanol–water partition coefficient (Wildman–Crippen LogP) is 23.0. The van der Waals surface area contributed by atoms with Gasteiger partial charge in [-0.1, -0.05) is 148 Å². The Kier molecular flexibility index (Phi) is 39.2. The number of nitrogens with two attached hydrogens (primary N) is 2. The summed E-state index contributed by atoms with van der Waals surface area (Å²) in [4.78, 5) is 44.0. The summed E-state index contributed by atoms with van der Waals surface area (Å²) in [6.45, 7) is 2.50. The molecule has 145 heavy (non-hydrogen) atoms. The highest BCUT2D eigenvalue weighted by atomic mass is 79.9. The number of anilines is 8. The van der Waals surface area contributed by atoms with Crippen LogP contribution in [0.15, 0.2) is 296 Å². The molecule has 0 aliphatic carbocycles. The number of hydrogen-bond donors (Lipinski definition) is 10. The second-order valence-electron chi connectivity index (χ2n) is 28.6. The van der Waals surface area contributed by atoms with Gasteiger partial charge in [-0.3, -0.25) is 0 Å². The Bertz CT molecular complexity index is 6610. The lowest BCUT2D eigenvalue weighted by Crippen LogP contribution is -2.21. The summed E-state index contributed by atoms with van der Waals surface area (Å²) in [6, 6.07) is 77.0. The first kappa shape index (κ1) is 111. The Morgan fingerprint density at radius 1 is 0.366 bits per heavy atom. The van der Waals surface area contributed by atoms with Gasteiger partial charge in [-0.2, -0.15) is 18.4 Å². The number of nitrogens with zero attached hydrogens (tertiary/aromatic N) is 8. The summed E-state index contributed by atoms with van der Waals surface area (Å²) in [5.41, 5.74) is 21.6. The number of aromatic nitrogens is 9. The first-order valence-corrected chi connectivity index (χ1v) is 41.6. The lowest BCUT2D eigenvalue weighted by atomic mass is 10.1. The number of methoxy groups -OCH3 is 2. The third kappa shape index (κ3) is 37.9. The van der Waals surface area contributed by atoms with Crippen molar-refractivity contribution in [1.82, 2.24) is 45.4 Å². The zero-order valence-corrected chi connectivity index (χ0v) is 76.0. The number of carbonyl (C=O) groups is 4. The summed E-state index contributed by atoms with van der Waals surface area (Å²) < 4.78 is 256. The Balaban J connectivity index is 0.000000200. The maximum absolute atomic E-state index is 12.5. The van der Waals surface area contributed by atoms with Crippen molar-refractivity contribution in [3.8, 4) is 90.5 Å². The summed E-state index contributed by atoms with van der Waals surface area (Å²) in [5.74, 6) is -5.05. The van der Waals surface area contributed by atoms with Gasteiger partial charge in [0.25, 0.3) is 0 Å². The fourth-order valence-electron chi connectivity index (χ4n) is 11.8. The average Bonchev–Trinajstić information content (AvgIpc) is 1.68. The number of esters is 1. The van der Waals surface area contributed by atoms with Crippen LogP contribution in [0, 0.1) is 0 Å². The average molecular weight is 2110 g/mol. The molecule has 0 saturated heterocycles. The molecule has 0 amide bonds. The van der Waals surface area contributed by atoms with Gasteiger partial charge >= 0.3 is 69.6 Å². The van der Waals surface area contributed by atoms with Crippen molar-refractivity contribution in [2.75, 3.05) is 48.2 Å². The molecule has 759 valence electrons. The van der Waals surface area contributed by atoms with Crippen LogP contribution in [-0.4, -0.2) is 156 Å². The molecular formula is C94H75BBrF18N14O17. The van der Waals surface area contributed by atoms with Crippen molar-refractivity contribution < 1.29 is 161 Å². The Labute approximate surface area is 816 Å². The van der Waals surface area contributed by atoms with E-state index in [0.29, 0.717) is 65.2 Å². The molecule has 31 nitrogen and oxygen atoms in total. The van der Waals surface area contributed by atoms with Crippen molar-refractivity contribution in [2.45, 2.75) is 58.0 Å². The summed E-state index contributed by atoms with van der Waals surface area (Å²) in [5, 5.41) is 68.2. The molecule has 0 aliphatic heterocycles. The summed E-state index contributed by atoms with van der Waals surface area (Å²) >= 11 is 3.29. The monoisotopic (exact) mass is 2100 g/mol. The first-order valence-electron chi connectivity index (χ1n) is 40.9. The van der Waals surface area contributed by atoms with Gasteiger partial charge in [-0.15, -0.1) is 86.3 Å². The number of carboxylic acids is 3. The minimum atomic E-state index is -5.08. The second-order valence-corrected chi connectivity index (χ2v) is 29.5. The molecule has 15 aromatic rings. The maximum atomic E-state index is 12.5. The second kappa shape index (κ2) is 51.1. The standard InChI is InChI=1S/C26H23F3N4O4.C24H19F3N4O4.C16H11F3N4O3.C13H10F3NO.C7H5BF3O3.C6H6BrN.C2HF3O2/c1-3-36-25(34)23-24(33(32-31-23)16-17-4-12-21(35-2)13-5-17)30-20-10-6-18(7-11-20)19-8-14-22(15-9-19)37-26(27,28)29;1-34-19-10-2-15(3-11-19)14-31-22(21(23(32)33)29-30-31)28-18-8-4-16(5-9-18)17-6-12-20(13-7-17)35-24(25,26)27;17-16(18,19)26-12-7-3-10(4-8-12)9-1-5-11(6-2-9)20-14-13(15(24)25)21-23-22-14;14-13(15,16)18-12-7-3-10(4-8-12)9-1-5-11(17)6-2-9;9-7(10,11)13-5-1-3-6(4-2-5)14-8-12;7-5-1-3-6(8)4-2-5;3-2(4,5)1(6)7/h4-15,30H,3,16H2,1-2H3;2-13,28H,14H2,1H3,(H,32,33);1-8H,(H,24,25)(H2,20,21,22,23);1-8H,17H2;1-4,12H;1-4H,8H2;(H,6,7). The minimum absolute atomic E-state index is 0.0414. The number of aliphatic carboxylic acids is 1. The van der Waals surface area contributed by atoms with Gasteiger partial charge in [-0.05, 0) is 232 Å². The molecule has 12 N–H and O–H groups in total. The number of benzene rings is 12. The van der Waals surface area contributed by atoms with Crippen LogP contribution in [0.4, 0.5) is 125 Å². The van der Waals surface area contributed by atoms with E-state index in [1.165, 1.54) is 102 Å². The molecule has 3 aromatic heterocycles. The van der Waals surface area contributed by atoms with E-state index in [0.717, 1.165) is 67.0 Å². The van der Waals surface area contributed by atoms with E-state index in [9.17, 15) is 98.5 Å². The summed E-state index contributed by atoms with van der Waals surface area (Å²) in [7, 11) is 3.58. The number of H-pyrrole nitrogens is 1. The van der Waals surface area contributed by atoms with Gasteiger partial charge in [0.1, 0.15) is 46.0 Å². The Hall–Kier alpha value is -17.4. The van der Waals surface area contributed by atoms with Gasteiger partial charge in [-0.25, -0.2) is 28.5 Å². The van der Waals surface area contributed by atoms with E-state index in [1.807, 2.05) is 60.7 Å². The van der Waals surface area contributed by atoms with Crippen molar-refractivity contribution in [2.24, 2.45) is 0 Å². The Morgan fingerprint density at radius 2 is 0.628 bits per heavy atom. The van der Waals surface area contributed by atoms with Crippen LogP contribution in [-0.2, 0) is 22.6 Å². The number of nitrogens with one attached hydrogen (secondary N) is 4. The highest BCUT2D eigenvalue weighted by Crippen LogP contribution is 2.36. The van der Waals surface area contributed by atoms with Gasteiger partial charge in [0, 0.05) is 32.9 Å². The fourth-order valence-corrected chi connectivity index (χ4v) is 12.1. The number of aromatic amines is 1. The molecule has 0 aliphatic rings. The zero-order chi connectivity index (χ0) is 106. The van der Waals surface area contributed by atoms with Crippen LogP contribution in [0.2, 0.25) is 0 Å². The number of ether oxygens (including phenoxy) is 8. The molecule has 1 radical (unpaired) electrons. The third-order valence-electron chi connectivity index (χ3n) is 18.3. The van der Waals surface area contributed by atoms with Crippen LogP contribution < -0.4 is 65.2 Å². The number of alkyl halides is 18. The van der Waals surface area contributed by atoms with E-state index in [4.69, 9.17) is 45.7 Å². The highest BCUT2D eigenvalue weighted by Gasteiger charge is 2.39. The van der Waals surface area contributed by atoms with Gasteiger partial charge in [0.15, 0.2) is 17.5 Å². The molecule has 0 atom stereocenters. The SMILES string of the molecule is CCOC(=O)c1nnn(Cc2ccc(OC)cc2)c1Nc1ccc(-c2ccc(OC(F)(F)F)cc2)cc1.COc1ccc(Cn2nnc(C(=O)O)c2Nc2ccc(-c3ccc(OC(F)(F)F)cc3)cc2)cc1.Nc1ccc(-c2ccc(OC(F)(F)F)cc2)cc1.Nc1ccc(Br)cc1.O=C(O)C(F)(F)F.O=C(O)c1n[nH]nc1Nc1ccc(-c2ccc(OC(F)(F)F)cc2)cc1.O[B]Oc1ccc(OC(F)(F)F)cc1. The third-order valence-corrected chi connectivity index (χ3v) is 18.8. The topological polar surface area (TPSA) is 423 Å². The van der Waals surface area contributed by atoms with Gasteiger partial charge in [0.05, 0.1) is 33.9 Å². The normalized spacial score (nSPS) is 11.1. The molecule has 0 unspecified atom stereocenters. The van der Waals surface area contributed by atoms with E-state index in [2.05, 4.69) is 96.3 Å². The molecule has 12 aromatic carbocycles. The highest BCUT2D eigenvalue weighted by molar-refractivity contribution is 9.10. The van der Waals surface area contributed by atoms with E-state index in [1.54, 1.807) is 147 Å². The molecule has 0 spiro atoms. The fraction of sp³-hybridized carbons (Fsp3) is 0.128. The van der Waals surface area contributed by atoms with Crippen molar-refractivity contribution in [1.29, 1.82) is 0 Å². The zero-order valence-electron chi connectivity index (χ0n) is 74.4. The minimum Gasteiger partial charge on any atom is -0.537 e. The quantitative estimate of drug-likeness (QED) is 0.00989. The van der Waals surface area contributed by atoms with Crippen LogP contribution in [0.5, 0.6) is 46.0 Å². The molecule has 15 rings (SSSR count). The summed E-state index contributed by atoms with van der Waals surface area (Å²) in [6.07, 6.45) is -28.7. The van der Waals surface area contributed by atoms with E-state index in [-0.39, 0.29) is 76.4 Å². The number of aromatic carboxylic acids is 2. The van der Waals surface area contributed by atoms with Crippen molar-refractivity contribution >= 4 is 93.4 Å². The maximum Gasteiger partial charge on any atom is 0.573 e. The predicted molar refractivity (Wildman–Crippen MR) is 493 cm³/mol. The molecule has 3 heterocycles. The lowest BCUT2D eigenvalue weighted by Gasteiger charge is -2.12. The number of halogens is 19. The molecule has 0 fully saturated rings. The van der Waals surface area contributed by atoms with Gasteiger partial charge < -0.3 is 90.3 Å². The van der Waals surface area contributed by atoms with Crippen molar-refractivity contribution in [3.63, 3.8) is 0 Å². The lowest BCUT2D eigenvalue weighted by molar-refractivity contribution is -0.275. The van der Waals surface area contributed by atoms with Crippen LogP contribution in [0.1, 0.15) is 49.5 Å². The van der Waals surface area contributed by atoms with Crippen LogP contribution in [0.25, 0.3) is 44.5 Å². The number of carboxylic acid groups (broad SMARTS) is 3. The van der Waals surface area contributed by atoms with Crippen molar-refractivity contribution in [3.05, 3.63) is 324 Å². The van der Waals surface area contributed by atoms with E-state index < -0.39 is 61.9 Å².